The second kappa shape index (κ2) is 6.54. The summed E-state index contributed by atoms with van der Waals surface area (Å²) in [6, 6.07) is 7.81. The van der Waals surface area contributed by atoms with Gasteiger partial charge < -0.3 is 10.1 Å². The van der Waals surface area contributed by atoms with E-state index in [0.717, 1.165) is 16.9 Å². The summed E-state index contributed by atoms with van der Waals surface area (Å²) >= 11 is 0. The zero-order chi connectivity index (χ0) is 12.7. The Kier molecular flexibility index (Phi) is 5.02. The molecule has 0 aliphatic heterocycles. The molecule has 17 heavy (non-hydrogen) atoms. The molecule has 0 aliphatic carbocycles. The van der Waals surface area contributed by atoms with E-state index in [-0.39, 0.29) is 12.5 Å². The van der Waals surface area contributed by atoms with E-state index in [1.165, 1.54) is 0 Å². The highest BCUT2D eigenvalue weighted by Crippen LogP contribution is 2.18. The lowest BCUT2D eigenvalue weighted by Crippen LogP contribution is -2.29. The average Bonchev–Trinajstić information content (AvgIpc) is 2.31. The lowest BCUT2D eigenvalue weighted by Gasteiger charge is -2.09. The fraction of sp³-hybridized carbons (Fsp3) is 0.385. The quantitative estimate of drug-likeness (QED) is 0.786. The predicted octanol–water partition coefficient (Wildman–Crippen LogP) is 1.71. The topological polar surface area (TPSA) is 62.1 Å². The highest BCUT2D eigenvalue weighted by molar-refractivity contribution is 5.77. The molecule has 0 bridgehead atoms. The highest BCUT2D eigenvalue weighted by atomic mass is 16.5. The smallest absolute Gasteiger partial charge is 0.257 e. The van der Waals surface area contributed by atoms with E-state index in [1.807, 2.05) is 38.1 Å². The Bertz CT molecular complexity index is 436. The summed E-state index contributed by atoms with van der Waals surface area (Å²) in [7, 11) is 0. The first-order chi connectivity index (χ1) is 8.13. The first-order valence-electron chi connectivity index (χ1n) is 5.47. The van der Waals surface area contributed by atoms with E-state index in [2.05, 4.69) is 5.32 Å². The van der Waals surface area contributed by atoms with Crippen LogP contribution in [0.5, 0.6) is 5.75 Å². The SMILES string of the molecule is Cc1ccc(C)c(OCC(=O)NCCC#N)c1. The molecular weight excluding hydrogens is 216 g/mol. The van der Waals surface area contributed by atoms with E-state index in [4.69, 9.17) is 10.00 Å². The summed E-state index contributed by atoms with van der Waals surface area (Å²) in [5.74, 6) is 0.515. The van der Waals surface area contributed by atoms with Crippen LogP contribution in [0, 0.1) is 25.2 Å². The Morgan fingerprint density at radius 1 is 1.47 bits per heavy atom. The van der Waals surface area contributed by atoms with Gasteiger partial charge in [0.15, 0.2) is 6.61 Å². The van der Waals surface area contributed by atoms with Gasteiger partial charge in [-0.2, -0.15) is 5.26 Å². The predicted molar refractivity (Wildman–Crippen MR) is 64.7 cm³/mol. The maximum Gasteiger partial charge on any atom is 0.257 e. The van der Waals surface area contributed by atoms with Gasteiger partial charge in [-0.05, 0) is 31.0 Å². The van der Waals surface area contributed by atoms with E-state index in [0.29, 0.717) is 13.0 Å². The summed E-state index contributed by atoms with van der Waals surface area (Å²) in [4.78, 5) is 11.3. The molecule has 0 radical (unpaired) electrons. The van der Waals surface area contributed by atoms with Crippen LogP contribution in [0.3, 0.4) is 0 Å². The molecule has 1 amide bonds. The van der Waals surface area contributed by atoms with Gasteiger partial charge in [-0.15, -0.1) is 0 Å². The van der Waals surface area contributed by atoms with Gasteiger partial charge in [0.1, 0.15) is 5.75 Å². The van der Waals surface area contributed by atoms with Crippen LogP contribution >= 0.6 is 0 Å². The van der Waals surface area contributed by atoms with Gasteiger partial charge in [0.2, 0.25) is 0 Å². The van der Waals surface area contributed by atoms with Gasteiger partial charge in [0.25, 0.3) is 5.91 Å². The van der Waals surface area contributed by atoms with Gasteiger partial charge in [-0.25, -0.2) is 0 Å². The largest absolute Gasteiger partial charge is 0.483 e. The number of hydrogen-bond donors (Lipinski definition) is 1. The summed E-state index contributed by atoms with van der Waals surface area (Å²) < 4.78 is 5.42. The second-order valence-corrected chi connectivity index (χ2v) is 3.82. The molecule has 0 fully saturated rings. The van der Waals surface area contributed by atoms with Crippen molar-refractivity contribution in [3.8, 4) is 11.8 Å². The average molecular weight is 232 g/mol. The van der Waals surface area contributed by atoms with Crippen LogP contribution in [-0.2, 0) is 4.79 Å². The number of nitrogens with one attached hydrogen (secondary N) is 1. The zero-order valence-electron chi connectivity index (χ0n) is 10.1. The van der Waals surface area contributed by atoms with E-state index >= 15 is 0 Å². The number of nitrogens with zero attached hydrogens (tertiary/aromatic N) is 1. The minimum atomic E-state index is -0.207. The number of aryl methyl sites for hydroxylation is 2. The number of rotatable bonds is 5. The van der Waals surface area contributed by atoms with Crippen LogP contribution in [0.25, 0.3) is 0 Å². The number of nitriles is 1. The minimum absolute atomic E-state index is 0.0181. The molecular formula is C13H16N2O2. The number of hydrogen-bond acceptors (Lipinski definition) is 3. The fourth-order valence-electron chi connectivity index (χ4n) is 1.31. The van der Waals surface area contributed by atoms with Crippen LogP contribution in [-0.4, -0.2) is 19.1 Å². The Hall–Kier alpha value is -2.02. The van der Waals surface area contributed by atoms with Crippen molar-refractivity contribution in [2.75, 3.05) is 13.2 Å². The summed E-state index contributed by atoms with van der Waals surface area (Å²) in [6.07, 6.45) is 0.315. The Morgan fingerprint density at radius 2 is 2.24 bits per heavy atom. The molecule has 0 saturated heterocycles. The fourth-order valence-corrected chi connectivity index (χ4v) is 1.31. The standard InChI is InChI=1S/C13H16N2O2/c1-10-4-5-11(2)12(8-10)17-9-13(16)15-7-3-6-14/h4-5,8H,3,7,9H2,1-2H3,(H,15,16). The zero-order valence-corrected chi connectivity index (χ0v) is 10.1. The normalized spacial score (nSPS) is 9.47. The number of benzene rings is 1. The molecule has 4 heteroatoms. The first kappa shape index (κ1) is 13.0. The van der Waals surface area contributed by atoms with Gasteiger partial charge in [0.05, 0.1) is 12.5 Å². The van der Waals surface area contributed by atoms with E-state index < -0.39 is 0 Å². The van der Waals surface area contributed by atoms with Crippen LogP contribution in [0.1, 0.15) is 17.5 Å². The third-order valence-electron chi connectivity index (χ3n) is 2.26. The van der Waals surface area contributed by atoms with Crippen LogP contribution < -0.4 is 10.1 Å². The lowest BCUT2D eigenvalue weighted by atomic mass is 10.1. The van der Waals surface area contributed by atoms with Gasteiger partial charge >= 0.3 is 0 Å². The highest BCUT2D eigenvalue weighted by Gasteiger charge is 2.04. The third-order valence-corrected chi connectivity index (χ3v) is 2.26. The van der Waals surface area contributed by atoms with Crippen molar-refractivity contribution in [2.45, 2.75) is 20.3 Å². The number of amides is 1. The van der Waals surface area contributed by atoms with Crippen molar-refractivity contribution in [3.63, 3.8) is 0 Å². The van der Waals surface area contributed by atoms with Gasteiger partial charge in [-0.1, -0.05) is 12.1 Å². The van der Waals surface area contributed by atoms with E-state index in [1.54, 1.807) is 0 Å². The van der Waals surface area contributed by atoms with Crippen molar-refractivity contribution < 1.29 is 9.53 Å². The summed E-state index contributed by atoms with van der Waals surface area (Å²) in [6.45, 7) is 4.25. The molecule has 0 atom stereocenters. The monoisotopic (exact) mass is 232 g/mol. The summed E-state index contributed by atoms with van der Waals surface area (Å²) in [5, 5.41) is 10.9. The molecule has 0 aliphatic rings. The van der Waals surface area contributed by atoms with Crippen LogP contribution in [0.4, 0.5) is 0 Å². The van der Waals surface area contributed by atoms with Crippen molar-refractivity contribution >= 4 is 5.91 Å². The molecule has 0 heterocycles. The van der Waals surface area contributed by atoms with E-state index in [9.17, 15) is 4.79 Å². The molecule has 0 spiro atoms. The molecule has 4 nitrogen and oxygen atoms in total. The van der Waals surface area contributed by atoms with Crippen LogP contribution in [0.15, 0.2) is 18.2 Å². The number of ether oxygens (including phenoxy) is 1. The molecule has 0 unspecified atom stereocenters. The molecule has 0 aromatic heterocycles. The van der Waals surface area contributed by atoms with Gasteiger partial charge in [0, 0.05) is 6.54 Å². The maximum absolute atomic E-state index is 11.3. The number of carbonyl (C=O) groups excluding carboxylic acids is 1. The molecule has 0 saturated carbocycles. The van der Waals surface area contributed by atoms with Crippen molar-refractivity contribution in [1.29, 1.82) is 5.26 Å². The molecule has 90 valence electrons. The summed E-state index contributed by atoms with van der Waals surface area (Å²) in [5.41, 5.74) is 2.09. The lowest BCUT2D eigenvalue weighted by molar-refractivity contribution is -0.123. The van der Waals surface area contributed by atoms with Crippen molar-refractivity contribution in [3.05, 3.63) is 29.3 Å². The molecule has 1 aromatic carbocycles. The Labute approximate surface area is 101 Å². The minimum Gasteiger partial charge on any atom is -0.483 e. The number of carbonyl (C=O) groups is 1. The molecule has 1 rings (SSSR count). The Balaban J connectivity index is 2.42. The van der Waals surface area contributed by atoms with Crippen molar-refractivity contribution in [1.82, 2.24) is 5.32 Å². The van der Waals surface area contributed by atoms with Gasteiger partial charge in [-0.3, -0.25) is 4.79 Å². The molecule has 1 aromatic rings. The molecule has 1 N–H and O–H groups in total. The van der Waals surface area contributed by atoms with Crippen LogP contribution in [0.2, 0.25) is 0 Å². The van der Waals surface area contributed by atoms with Crippen molar-refractivity contribution in [2.24, 2.45) is 0 Å². The third kappa shape index (κ3) is 4.56. The second-order valence-electron chi connectivity index (χ2n) is 3.82. The Morgan fingerprint density at radius 3 is 2.94 bits per heavy atom. The first-order valence-corrected chi connectivity index (χ1v) is 5.47. The maximum atomic E-state index is 11.3.